The molecule has 2 aromatic rings. The number of nitrogen functional groups attached to an aromatic ring is 4. The molecule has 0 saturated heterocycles. The lowest BCUT2D eigenvalue weighted by Crippen LogP contribution is -2.21. The first-order valence-electron chi connectivity index (χ1n) is 9.48. The van der Waals surface area contributed by atoms with Crippen molar-refractivity contribution in [3.05, 3.63) is 59.2 Å². The molecule has 0 saturated carbocycles. The van der Waals surface area contributed by atoms with E-state index < -0.39 is 5.41 Å². The van der Waals surface area contributed by atoms with Crippen molar-refractivity contribution in [2.24, 2.45) is 22.9 Å². The monoisotopic (exact) mass is 428 g/mol. The number of nitrogens with two attached hydrogens (primary N) is 8. The van der Waals surface area contributed by atoms with Crippen LogP contribution >= 0.6 is 0 Å². The summed E-state index contributed by atoms with van der Waals surface area (Å²) >= 11 is 0. The molecule has 168 valence electrons. The highest BCUT2D eigenvalue weighted by molar-refractivity contribution is 5.73. The van der Waals surface area contributed by atoms with Crippen LogP contribution in [0.15, 0.2) is 48.1 Å². The van der Waals surface area contributed by atoms with Crippen LogP contribution in [-0.2, 0) is 5.41 Å². The average molecular weight is 429 g/mol. The Balaban J connectivity index is 2.38. The third-order valence-electron chi connectivity index (χ3n) is 4.93. The van der Waals surface area contributed by atoms with Crippen molar-refractivity contribution in [2.75, 3.05) is 36.1 Å². The summed E-state index contributed by atoms with van der Waals surface area (Å²) in [5.41, 5.74) is 50.2. The van der Waals surface area contributed by atoms with E-state index in [1.807, 2.05) is 13.8 Å². The first-order valence-corrected chi connectivity index (χ1v) is 9.48. The van der Waals surface area contributed by atoms with Gasteiger partial charge in [-0.25, -0.2) is 0 Å². The number of benzene rings is 2. The van der Waals surface area contributed by atoms with Gasteiger partial charge in [-0.2, -0.15) is 0 Å². The Morgan fingerprint density at radius 2 is 1.00 bits per heavy atom. The van der Waals surface area contributed by atoms with Crippen molar-refractivity contribution < 1.29 is 9.47 Å². The van der Waals surface area contributed by atoms with Crippen molar-refractivity contribution in [2.45, 2.75) is 19.3 Å². The molecule has 0 heterocycles. The second-order valence-corrected chi connectivity index (χ2v) is 7.65. The normalized spacial score (nSPS) is 12.6. The lowest BCUT2D eigenvalue weighted by Gasteiger charge is -2.29. The van der Waals surface area contributed by atoms with Gasteiger partial charge in [-0.05, 0) is 35.4 Å². The number of hydrogen-bond donors (Lipinski definition) is 8. The fourth-order valence-corrected chi connectivity index (χ4v) is 2.98. The maximum Gasteiger partial charge on any atom is 0.165 e. The molecule has 0 unspecified atom stereocenters. The lowest BCUT2D eigenvalue weighted by atomic mass is 9.77. The first-order chi connectivity index (χ1) is 14.5. The van der Waals surface area contributed by atoms with E-state index in [0.29, 0.717) is 45.6 Å². The number of anilines is 4. The van der Waals surface area contributed by atoms with Gasteiger partial charge < -0.3 is 55.3 Å². The summed E-state index contributed by atoms with van der Waals surface area (Å²) < 4.78 is 11.2. The minimum Gasteiger partial charge on any atom is -0.483 e. The summed E-state index contributed by atoms with van der Waals surface area (Å²) in [6.07, 6.45) is 2.51. The predicted molar refractivity (Wildman–Crippen MR) is 127 cm³/mol. The zero-order chi connectivity index (χ0) is 23.3. The number of ether oxygens (including phenoxy) is 2. The van der Waals surface area contributed by atoms with E-state index in [0.717, 1.165) is 11.1 Å². The Hall–Kier alpha value is -4.08. The van der Waals surface area contributed by atoms with Crippen LogP contribution in [-0.4, -0.2) is 13.2 Å². The third kappa shape index (κ3) is 5.10. The minimum absolute atomic E-state index is 0.0754. The smallest absolute Gasteiger partial charge is 0.165 e. The van der Waals surface area contributed by atoms with Gasteiger partial charge >= 0.3 is 0 Å². The Morgan fingerprint density at radius 1 is 0.710 bits per heavy atom. The van der Waals surface area contributed by atoms with E-state index in [-0.39, 0.29) is 13.2 Å². The second kappa shape index (κ2) is 9.16. The van der Waals surface area contributed by atoms with Gasteiger partial charge in [0.2, 0.25) is 0 Å². The Bertz CT molecular complexity index is 889. The fourth-order valence-electron chi connectivity index (χ4n) is 2.98. The molecule has 0 bridgehead atoms. The predicted octanol–water partition coefficient (Wildman–Crippen LogP) is 0.617. The van der Waals surface area contributed by atoms with Crippen LogP contribution < -0.4 is 55.3 Å². The van der Waals surface area contributed by atoms with Gasteiger partial charge in [0.25, 0.3) is 0 Å². The van der Waals surface area contributed by atoms with Crippen LogP contribution in [0.3, 0.4) is 0 Å². The van der Waals surface area contributed by atoms with Gasteiger partial charge in [0.15, 0.2) is 11.5 Å². The fraction of sp³-hybridized carbons (Fsp3) is 0.238. The summed E-state index contributed by atoms with van der Waals surface area (Å²) in [4.78, 5) is 0. The van der Waals surface area contributed by atoms with Crippen molar-refractivity contribution in [3.8, 4) is 11.5 Å². The zero-order valence-corrected chi connectivity index (χ0v) is 17.8. The maximum absolute atomic E-state index is 6.20. The summed E-state index contributed by atoms with van der Waals surface area (Å²) in [5, 5.41) is 0. The van der Waals surface area contributed by atoms with E-state index in [9.17, 15) is 0 Å². The molecule has 0 aliphatic carbocycles. The van der Waals surface area contributed by atoms with Crippen molar-refractivity contribution in [1.82, 2.24) is 0 Å². The zero-order valence-electron chi connectivity index (χ0n) is 17.8. The molecule has 10 heteroatoms. The molecule has 2 aromatic carbocycles. The topological polar surface area (TPSA) is 227 Å². The highest BCUT2D eigenvalue weighted by Crippen LogP contribution is 2.42. The van der Waals surface area contributed by atoms with Gasteiger partial charge in [0.05, 0.1) is 34.1 Å². The molecule has 0 atom stereocenters. The second-order valence-electron chi connectivity index (χ2n) is 7.65. The van der Waals surface area contributed by atoms with E-state index >= 15 is 0 Å². The van der Waals surface area contributed by atoms with Crippen LogP contribution in [0.2, 0.25) is 0 Å². The average Bonchev–Trinajstić information content (AvgIpc) is 2.71. The van der Waals surface area contributed by atoms with E-state index in [1.165, 1.54) is 12.4 Å². The summed E-state index contributed by atoms with van der Waals surface area (Å²) in [6, 6.07) is 7.16. The molecule has 0 fully saturated rings. The lowest BCUT2D eigenvalue weighted by molar-refractivity contribution is 0.353. The molecular formula is C21H32N8O2. The maximum atomic E-state index is 6.20. The van der Waals surface area contributed by atoms with Crippen LogP contribution in [0.1, 0.15) is 25.0 Å². The molecule has 10 nitrogen and oxygen atoms in total. The molecule has 0 aromatic heterocycles. The molecule has 0 amide bonds. The Morgan fingerprint density at radius 3 is 1.26 bits per heavy atom. The molecule has 0 spiro atoms. The molecule has 2 rings (SSSR count). The van der Waals surface area contributed by atoms with Gasteiger partial charge in [0, 0.05) is 17.8 Å². The molecule has 0 aliphatic heterocycles. The summed E-state index contributed by atoms with van der Waals surface area (Å²) in [6.45, 7) is 4.15. The van der Waals surface area contributed by atoms with Crippen LogP contribution in [0.4, 0.5) is 22.7 Å². The van der Waals surface area contributed by atoms with Crippen LogP contribution in [0, 0.1) is 0 Å². The summed E-state index contributed by atoms with van der Waals surface area (Å²) in [5.74, 6) is 0.690. The first kappa shape index (κ1) is 23.2. The molecule has 0 radical (unpaired) electrons. The largest absolute Gasteiger partial charge is 0.483 e. The Labute approximate surface area is 181 Å². The van der Waals surface area contributed by atoms with Gasteiger partial charge in [-0.1, -0.05) is 13.8 Å². The number of rotatable bonds is 8. The molecule has 31 heavy (non-hydrogen) atoms. The quantitative estimate of drug-likeness (QED) is 0.273. The molecule has 16 N–H and O–H groups in total. The van der Waals surface area contributed by atoms with Crippen molar-refractivity contribution in [1.29, 1.82) is 0 Å². The van der Waals surface area contributed by atoms with E-state index in [4.69, 9.17) is 55.3 Å². The van der Waals surface area contributed by atoms with Crippen LogP contribution in [0.5, 0.6) is 11.5 Å². The number of hydrogen-bond acceptors (Lipinski definition) is 10. The minimum atomic E-state index is -0.534. The van der Waals surface area contributed by atoms with E-state index in [1.54, 1.807) is 24.3 Å². The van der Waals surface area contributed by atoms with Crippen molar-refractivity contribution >= 4 is 22.7 Å². The van der Waals surface area contributed by atoms with Crippen LogP contribution in [0.25, 0.3) is 0 Å². The standard InChI is InChI=1S/C21H32N8O2/c1-21(2,11-3-15(26)19(16(27)4-11)30-9-13(24)7-22)12-5-17(28)20(18(29)6-12)31-10-14(25)8-23/h3-8H,9-10,22-29H2,1-2H3/b13-7-,14-8-. The SMILES string of the molecule is CC(C)(c1cc(N)c(OC/C(N)=C/N)c(N)c1)c1cc(N)c(OC/C(N)=C/N)c(N)c1. The summed E-state index contributed by atoms with van der Waals surface area (Å²) in [7, 11) is 0. The highest BCUT2D eigenvalue weighted by atomic mass is 16.5. The van der Waals surface area contributed by atoms with Gasteiger partial charge in [0.1, 0.15) is 13.2 Å². The van der Waals surface area contributed by atoms with Crippen molar-refractivity contribution in [3.63, 3.8) is 0 Å². The van der Waals surface area contributed by atoms with Gasteiger partial charge in [-0.15, -0.1) is 0 Å². The van der Waals surface area contributed by atoms with E-state index in [2.05, 4.69) is 0 Å². The van der Waals surface area contributed by atoms with Gasteiger partial charge in [-0.3, -0.25) is 0 Å². The molecule has 0 aliphatic rings. The third-order valence-corrected chi connectivity index (χ3v) is 4.93. The Kier molecular flexibility index (Phi) is 6.86. The highest BCUT2D eigenvalue weighted by Gasteiger charge is 2.27. The molecular weight excluding hydrogens is 396 g/mol.